The molecule has 1 fully saturated rings. The molecule has 6 heteroatoms. The molecule has 2 aromatic heterocycles. The Morgan fingerprint density at radius 2 is 2.15 bits per heavy atom. The van der Waals surface area contributed by atoms with Crippen molar-refractivity contribution < 1.29 is 0 Å². The fourth-order valence-corrected chi connectivity index (χ4v) is 4.66. The molecular weight excluding hydrogens is 326 g/mol. The van der Waals surface area contributed by atoms with Crippen LogP contribution >= 0.6 is 0 Å². The van der Waals surface area contributed by atoms with Gasteiger partial charge in [0.15, 0.2) is 0 Å². The molecule has 0 aliphatic carbocycles. The molecule has 4 heterocycles. The normalized spacial score (nSPS) is 23.1. The van der Waals surface area contributed by atoms with Gasteiger partial charge in [-0.05, 0) is 48.6 Å². The predicted molar refractivity (Wildman–Crippen MR) is 102 cm³/mol. The Hall–Kier alpha value is -2.60. The van der Waals surface area contributed by atoms with Crippen LogP contribution in [-0.2, 0) is 6.54 Å². The summed E-state index contributed by atoms with van der Waals surface area (Å²) in [6.07, 6.45) is 4.35. The summed E-state index contributed by atoms with van der Waals surface area (Å²) >= 11 is 0. The number of nitrogens with zero attached hydrogens (tertiary/aromatic N) is 2. The topological polar surface area (TPSA) is 76.8 Å². The number of hydrogen-bond acceptors (Lipinski definition) is 4. The monoisotopic (exact) mass is 349 g/mol. The molecule has 2 aliphatic rings. The van der Waals surface area contributed by atoms with E-state index in [0.29, 0.717) is 11.8 Å². The van der Waals surface area contributed by atoms with Crippen molar-refractivity contribution in [1.82, 2.24) is 19.9 Å². The molecule has 26 heavy (non-hydrogen) atoms. The number of aromatic amines is 2. The zero-order valence-electron chi connectivity index (χ0n) is 14.7. The van der Waals surface area contributed by atoms with Gasteiger partial charge in [0.05, 0.1) is 11.0 Å². The Balaban J connectivity index is 1.36. The highest BCUT2D eigenvalue weighted by molar-refractivity contribution is 5.78. The minimum Gasteiger partial charge on any atom is -0.369 e. The number of fused-ring (bicyclic) bond motifs is 2. The van der Waals surface area contributed by atoms with E-state index in [1.54, 1.807) is 0 Å². The first-order valence-electron chi connectivity index (χ1n) is 9.39. The Morgan fingerprint density at radius 1 is 1.19 bits per heavy atom. The number of aromatic nitrogens is 3. The number of benzene rings is 1. The maximum Gasteiger partial charge on any atom is 0.323 e. The van der Waals surface area contributed by atoms with Gasteiger partial charge in [-0.25, -0.2) is 9.78 Å². The van der Waals surface area contributed by atoms with Crippen molar-refractivity contribution in [2.45, 2.75) is 25.3 Å². The lowest BCUT2D eigenvalue weighted by Gasteiger charge is -2.35. The molecule has 2 atom stereocenters. The van der Waals surface area contributed by atoms with E-state index in [-0.39, 0.29) is 5.69 Å². The number of nitrogens with one attached hydrogen (secondary N) is 3. The number of anilines is 1. The van der Waals surface area contributed by atoms with Crippen molar-refractivity contribution >= 4 is 16.9 Å². The number of hydrogen-bond donors (Lipinski definition) is 3. The number of piperidine rings is 1. The summed E-state index contributed by atoms with van der Waals surface area (Å²) < 4.78 is 0. The SMILES string of the molecule is O=c1[nH]c2cccc(CN3CCC[C@@H](C4CNc5ncccc54)C3)c2[nH]1. The number of imidazole rings is 1. The second-order valence-corrected chi connectivity index (χ2v) is 7.48. The van der Waals surface area contributed by atoms with Crippen LogP contribution in [0.15, 0.2) is 41.3 Å². The molecule has 0 bridgehead atoms. The Labute approximate surface area is 151 Å². The summed E-state index contributed by atoms with van der Waals surface area (Å²) in [5.74, 6) is 2.25. The average molecular weight is 349 g/mol. The molecule has 2 aliphatic heterocycles. The fraction of sp³-hybridized carbons (Fsp3) is 0.400. The molecular formula is C20H23N5O. The number of likely N-dealkylation sites (tertiary alicyclic amines) is 1. The quantitative estimate of drug-likeness (QED) is 0.679. The third kappa shape index (κ3) is 2.70. The molecule has 1 aromatic carbocycles. The molecule has 0 spiro atoms. The van der Waals surface area contributed by atoms with Gasteiger partial charge in [0.25, 0.3) is 0 Å². The second-order valence-electron chi connectivity index (χ2n) is 7.48. The van der Waals surface area contributed by atoms with Gasteiger partial charge < -0.3 is 15.3 Å². The van der Waals surface area contributed by atoms with E-state index in [1.807, 2.05) is 24.4 Å². The van der Waals surface area contributed by atoms with Gasteiger partial charge in [0, 0.05) is 31.7 Å². The van der Waals surface area contributed by atoms with Crippen molar-refractivity contribution in [1.29, 1.82) is 0 Å². The van der Waals surface area contributed by atoms with Crippen LogP contribution < -0.4 is 11.0 Å². The standard InChI is InChI=1S/C20H23N5O/c26-20-23-17-7-1-4-14(18(17)24-20)12-25-9-3-5-13(11-25)16-10-22-19-15(16)6-2-8-21-19/h1-2,4,6-8,13,16H,3,5,9-12H2,(H,21,22)(H2,23,24,26)/t13-,16?/m1/s1. The highest BCUT2D eigenvalue weighted by atomic mass is 16.1. The molecule has 3 N–H and O–H groups in total. The molecule has 1 unspecified atom stereocenters. The summed E-state index contributed by atoms with van der Waals surface area (Å²) in [7, 11) is 0. The van der Waals surface area contributed by atoms with Gasteiger partial charge in [0.1, 0.15) is 5.82 Å². The van der Waals surface area contributed by atoms with Crippen molar-refractivity contribution in [3.8, 4) is 0 Å². The lowest BCUT2D eigenvalue weighted by molar-refractivity contribution is 0.154. The summed E-state index contributed by atoms with van der Waals surface area (Å²) in [6.45, 7) is 4.07. The molecule has 0 radical (unpaired) electrons. The van der Waals surface area contributed by atoms with Crippen LogP contribution in [0.2, 0.25) is 0 Å². The maximum atomic E-state index is 11.6. The fourth-order valence-electron chi connectivity index (χ4n) is 4.66. The molecule has 134 valence electrons. The maximum absolute atomic E-state index is 11.6. The molecule has 0 saturated carbocycles. The van der Waals surface area contributed by atoms with Crippen molar-refractivity contribution in [2.24, 2.45) is 5.92 Å². The van der Waals surface area contributed by atoms with Gasteiger partial charge in [-0.1, -0.05) is 18.2 Å². The lowest BCUT2D eigenvalue weighted by atomic mass is 9.82. The largest absolute Gasteiger partial charge is 0.369 e. The van der Waals surface area contributed by atoms with Gasteiger partial charge in [-0.15, -0.1) is 0 Å². The van der Waals surface area contributed by atoms with E-state index in [9.17, 15) is 4.79 Å². The van der Waals surface area contributed by atoms with Crippen molar-refractivity contribution in [2.75, 3.05) is 25.0 Å². The van der Waals surface area contributed by atoms with E-state index in [2.05, 4.69) is 37.3 Å². The zero-order chi connectivity index (χ0) is 17.5. The van der Waals surface area contributed by atoms with E-state index < -0.39 is 0 Å². The van der Waals surface area contributed by atoms with Crippen LogP contribution in [0.1, 0.15) is 29.9 Å². The van der Waals surface area contributed by atoms with E-state index in [1.165, 1.54) is 24.0 Å². The van der Waals surface area contributed by atoms with Gasteiger partial charge in [-0.3, -0.25) is 4.90 Å². The average Bonchev–Trinajstić information content (AvgIpc) is 3.25. The van der Waals surface area contributed by atoms with Crippen LogP contribution in [0.25, 0.3) is 11.0 Å². The highest BCUT2D eigenvalue weighted by Gasteiger charge is 2.33. The Morgan fingerprint density at radius 3 is 3.12 bits per heavy atom. The van der Waals surface area contributed by atoms with Gasteiger partial charge in [0.2, 0.25) is 0 Å². The first-order valence-corrected chi connectivity index (χ1v) is 9.39. The number of pyridine rings is 1. The smallest absolute Gasteiger partial charge is 0.323 e. The first-order chi connectivity index (χ1) is 12.8. The molecule has 5 rings (SSSR count). The van der Waals surface area contributed by atoms with Crippen LogP contribution in [0, 0.1) is 5.92 Å². The summed E-state index contributed by atoms with van der Waals surface area (Å²) in [5, 5.41) is 3.47. The van der Waals surface area contributed by atoms with E-state index in [4.69, 9.17) is 0 Å². The summed E-state index contributed by atoms with van der Waals surface area (Å²) in [6, 6.07) is 10.3. The third-order valence-corrected chi connectivity index (χ3v) is 5.87. The predicted octanol–water partition coefficient (Wildman–Crippen LogP) is 2.67. The van der Waals surface area contributed by atoms with Crippen LogP contribution in [0.5, 0.6) is 0 Å². The van der Waals surface area contributed by atoms with Gasteiger partial charge in [-0.2, -0.15) is 0 Å². The zero-order valence-corrected chi connectivity index (χ0v) is 14.7. The minimum absolute atomic E-state index is 0.134. The molecule has 6 nitrogen and oxygen atoms in total. The van der Waals surface area contributed by atoms with Crippen LogP contribution in [0.4, 0.5) is 5.82 Å². The van der Waals surface area contributed by atoms with Crippen LogP contribution in [-0.4, -0.2) is 39.5 Å². The van der Waals surface area contributed by atoms with E-state index >= 15 is 0 Å². The number of rotatable bonds is 3. The molecule has 3 aromatic rings. The molecule has 1 saturated heterocycles. The second kappa shape index (κ2) is 6.29. The Bertz CT molecular complexity index is 991. The number of H-pyrrole nitrogens is 2. The summed E-state index contributed by atoms with van der Waals surface area (Å²) in [5.41, 5.74) is 4.26. The molecule has 0 amide bonds. The first kappa shape index (κ1) is 15.6. The lowest BCUT2D eigenvalue weighted by Crippen LogP contribution is -2.37. The van der Waals surface area contributed by atoms with Gasteiger partial charge >= 0.3 is 5.69 Å². The van der Waals surface area contributed by atoms with Crippen molar-refractivity contribution in [3.63, 3.8) is 0 Å². The minimum atomic E-state index is -0.134. The Kier molecular flexibility index (Phi) is 3.78. The third-order valence-electron chi connectivity index (χ3n) is 5.87. The van der Waals surface area contributed by atoms with Crippen LogP contribution in [0.3, 0.4) is 0 Å². The summed E-state index contributed by atoms with van der Waals surface area (Å²) in [4.78, 5) is 24.4. The van der Waals surface area contributed by atoms with Crippen molar-refractivity contribution in [3.05, 3.63) is 58.1 Å². The number of para-hydroxylation sites is 1. The highest BCUT2D eigenvalue weighted by Crippen LogP contribution is 2.38. The van der Waals surface area contributed by atoms with E-state index in [0.717, 1.165) is 43.0 Å².